The summed E-state index contributed by atoms with van der Waals surface area (Å²) in [5.74, 6) is -3.39. The summed E-state index contributed by atoms with van der Waals surface area (Å²) in [6.45, 7) is -1.03. The SMILES string of the molecule is O=C(O)CN(CCO)CCN(CC(=O)O)CC(=O)O.[Cd]. The van der Waals surface area contributed by atoms with Crippen molar-refractivity contribution in [2.45, 2.75) is 0 Å². The number of aliphatic hydroxyl groups excluding tert-OH is 1. The average Bonchev–Trinajstić information content (AvgIpc) is 2.23. The first-order valence-electron chi connectivity index (χ1n) is 5.56. The Balaban J connectivity index is 0. The summed E-state index contributed by atoms with van der Waals surface area (Å²) in [5, 5.41) is 34.7. The van der Waals surface area contributed by atoms with Gasteiger partial charge in [0.05, 0.1) is 26.2 Å². The van der Waals surface area contributed by atoms with E-state index in [0.717, 1.165) is 0 Å². The summed E-state index contributed by atoms with van der Waals surface area (Å²) in [6, 6.07) is 0. The number of aliphatic carboxylic acids is 3. The van der Waals surface area contributed by atoms with Crippen LogP contribution < -0.4 is 0 Å². The van der Waals surface area contributed by atoms with Gasteiger partial charge in [0, 0.05) is 46.9 Å². The molecule has 0 aromatic carbocycles. The number of hydrogen-bond donors (Lipinski definition) is 4. The van der Waals surface area contributed by atoms with Crippen molar-refractivity contribution in [2.75, 3.05) is 45.9 Å². The summed E-state index contributed by atoms with van der Waals surface area (Å²) in [4.78, 5) is 34.3. The Morgan fingerprint density at radius 1 is 0.700 bits per heavy atom. The summed E-state index contributed by atoms with van der Waals surface area (Å²) in [5.41, 5.74) is 0. The molecule has 4 N–H and O–H groups in total. The average molecular weight is 391 g/mol. The molecule has 10 heteroatoms. The maximum atomic E-state index is 10.6. The zero-order chi connectivity index (χ0) is 14.8. The van der Waals surface area contributed by atoms with Crippen molar-refractivity contribution in [3.8, 4) is 0 Å². The zero-order valence-corrected chi connectivity index (χ0v) is 15.1. The second kappa shape index (κ2) is 12.0. The van der Waals surface area contributed by atoms with Crippen LogP contribution in [-0.4, -0.2) is 94.0 Å². The molecule has 0 bridgehead atoms. The van der Waals surface area contributed by atoms with Crippen molar-refractivity contribution in [1.82, 2.24) is 9.80 Å². The van der Waals surface area contributed by atoms with Crippen LogP contribution in [0.1, 0.15) is 0 Å². The zero-order valence-electron chi connectivity index (χ0n) is 11.1. The minimum atomic E-state index is -1.16. The van der Waals surface area contributed by atoms with Gasteiger partial charge in [-0.25, -0.2) is 0 Å². The second-order valence-corrected chi connectivity index (χ2v) is 3.89. The van der Waals surface area contributed by atoms with Crippen molar-refractivity contribution in [1.29, 1.82) is 0 Å². The number of aliphatic hydroxyl groups is 1. The number of nitrogens with zero attached hydrogens (tertiary/aromatic N) is 2. The summed E-state index contributed by atoms with van der Waals surface area (Å²) < 4.78 is 0. The van der Waals surface area contributed by atoms with E-state index in [4.69, 9.17) is 20.4 Å². The Morgan fingerprint density at radius 2 is 1.05 bits per heavy atom. The van der Waals surface area contributed by atoms with E-state index < -0.39 is 31.0 Å². The molecule has 0 heterocycles. The molecule has 0 aliphatic carbocycles. The molecule has 0 aliphatic heterocycles. The third kappa shape index (κ3) is 12.3. The Bertz CT molecular complexity index is 311. The molecule has 0 radical (unpaired) electrons. The molecule has 0 atom stereocenters. The molecule has 0 rings (SSSR count). The van der Waals surface area contributed by atoms with Gasteiger partial charge in [-0.1, -0.05) is 0 Å². The molecule has 9 nitrogen and oxygen atoms in total. The van der Waals surface area contributed by atoms with E-state index in [0.29, 0.717) is 0 Å². The predicted octanol–water partition coefficient (Wildman–Crippen LogP) is -2.17. The van der Waals surface area contributed by atoms with E-state index in [1.54, 1.807) is 0 Å². The maximum absolute atomic E-state index is 10.6. The molecule has 0 spiro atoms. The summed E-state index contributed by atoms with van der Waals surface area (Å²) in [6.07, 6.45) is 0. The molecule has 0 unspecified atom stereocenters. The molecular formula is C10H18CdN2O7. The molecule has 0 saturated heterocycles. The Kier molecular flexibility index (Phi) is 12.9. The first kappa shape index (κ1) is 21.5. The van der Waals surface area contributed by atoms with Crippen molar-refractivity contribution in [3.63, 3.8) is 0 Å². The molecule has 0 aromatic rings. The topological polar surface area (TPSA) is 139 Å². The van der Waals surface area contributed by atoms with Crippen LogP contribution in [0.3, 0.4) is 0 Å². The van der Waals surface area contributed by atoms with E-state index in [-0.39, 0.29) is 60.1 Å². The third-order valence-electron chi connectivity index (χ3n) is 2.23. The van der Waals surface area contributed by atoms with Gasteiger partial charge in [0.1, 0.15) is 0 Å². The maximum Gasteiger partial charge on any atom is 0.317 e. The van der Waals surface area contributed by atoms with Crippen LogP contribution in [0.25, 0.3) is 0 Å². The van der Waals surface area contributed by atoms with Crippen LogP contribution in [0.15, 0.2) is 0 Å². The first-order chi connectivity index (χ1) is 8.85. The number of carboxylic acids is 3. The largest absolute Gasteiger partial charge is 0.480 e. The minimum Gasteiger partial charge on any atom is -0.480 e. The Morgan fingerprint density at radius 3 is 1.40 bits per heavy atom. The van der Waals surface area contributed by atoms with Gasteiger partial charge in [0.25, 0.3) is 0 Å². The number of carbonyl (C=O) groups is 3. The minimum absolute atomic E-state index is 0. The second-order valence-electron chi connectivity index (χ2n) is 3.89. The van der Waals surface area contributed by atoms with Crippen LogP contribution in [0, 0.1) is 0 Å². The van der Waals surface area contributed by atoms with Gasteiger partial charge in [-0.3, -0.25) is 24.2 Å². The molecule has 20 heavy (non-hydrogen) atoms. The summed E-state index contributed by atoms with van der Waals surface area (Å²) >= 11 is 0. The fourth-order valence-electron chi connectivity index (χ4n) is 1.48. The third-order valence-corrected chi connectivity index (χ3v) is 2.23. The van der Waals surface area contributed by atoms with Gasteiger partial charge in [-0.2, -0.15) is 0 Å². The van der Waals surface area contributed by atoms with Crippen molar-refractivity contribution < 1.29 is 62.1 Å². The van der Waals surface area contributed by atoms with Crippen LogP contribution in [0.2, 0.25) is 0 Å². The molecule has 0 aromatic heterocycles. The fourth-order valence-corrected chi connectivity index (χ4v) is 1.48. The number of hydrogen-bond acceptors (Lipinski definition) is 6. The Hall–Kier alpha value is -0.788. The molecule has 0 aliphatic rings. The van der Waals surface area contributed by atoms with E-state index in [1.807, 2.05) is 0 Å². The fraction of sp³-hybridized carbons (Fsp3) is 0.700. The van der Waals surface area contributed by atoms with E-state index in [9.17, 15) is 14.4 Å². The van der Waals surface area contributed by atoms with Crippen LogP contribution in [-0.2, 0) is 41.7 Å². The molecule has 0 amide bonds. The molecule has 112 valence electrons. The van der Waals surface area contributed by atoms with Gasteiger partial charge < -0.3 is 20.4 Å². The van der Waals surface area contributed by atoms with Crippen molar-refractivity contribution >= 4 is 17.9 Å². The monoisotopic (exact) mass is 392 g/mol. The Labute approximate surface area is 135 Å². The van der Waals surface area contributed by atoms with Gasteiger partial charge in [-0.05, 0) is 0 Å². The first-order valence-corrected chi connectivity index (χ1v) is 5.56. The van der Waals surface area contributed by atoms with Crippen LogP contribution in [0.4, 0.5) is 0 Å². The van der Waals surface area contributed by atoms with Gasteiger partial charge >= 0.3 is 17.9 Å². The van der Waals surface area contributed by atoms with Crippen molar-refractivity contribution in [3.05, 3.63) is 0 Å². The van der Waals surface area contributed by atoms with Gasteiger partial charge in [0.15, 0.2) is 0 Å². The van der Waals surface area contributed by atoms with Crippen LogP contribution in [0.5, 0.6) is 0 Å². The number of carboxylic acid groups (broad SMARTS) is 3. The number of rotatable bonds is 11. The normalized spacial score (nSPS) is 10.3. The molecular weight excluding hydrogens is 373 g/mol. The van der Waals surface area contributed by atoms with E-state index in [1.165, 1.54) is 9.80 Å². The van der Waals surface area contributed by atoms with E-state index >= 15 is 0 Å². The molecule has 0 fully saturated rings. The smallest absolute Gasteiger partial charge is 0.317 e. The molecule has 0 saturated carbocycles. The van der Waals surface area contributed by atoms with Gasteiger partial charge in [0.2, 0.25) is 0 Å². The predicted molar refractivity (Wildman–Crippen MR) is 62.9 cm³/mol. The summed E-state index contributed by atoms with van der Waals surface area (Å²) in [7, 11) is 0. The van der Waals surface area contributed by atoms with Crippen molar-refractivity contribution in [2.24, 2.45) is 0 Å². The standard InChI is InChI=1S/C10H18N2O7.Cd/c13-4-3-11(5-8(14)15)1-2-12(6-9(16)17)7-10(18)19;/h13H,1-7H2,(H,14,15)(H,16,17)(H,18,19);. The van der Waals surface area contributed by atoms with Gasteiger partial charge in [-0.15, -0.1) is 0 Å². The van der Waals surface area contributed by atoms with Crippen LogP contribution >= 0.6 is 0 Å². The van der Waals surface area contributed by atoms with E-state index in [2.05, 4.69) is 0 Å². The quantitative estimate of drug-likeness (QED) is 0.290.